The van der Waals surface area contributed by atoms with Crippen LogP contribution in [-0.4, -0.2) is 29.1 Å². The molecular formula is C8H17NO3Si. The molecule has 0 aliphatic carbocycles. The third-order valence-electron chi connectivity index (χ3n) is 1.58. The van der Waals surface area contributed by atoms with Crippen LogP contribution in [-0.2, 0) is 13.3 Å². The summed E-state index contributed by atoms with van der Waals surface area (Å²) < 4.78 is 16.2. The number of hydrogen-bond donors (Lipinski definition) is 0. The largest absolute Gasteiger partial charge is 0.501 e. The Kier molecular flexibility index (Phi) is 6.81. The Morgan fingerprint density at radius 2 is 1.77 bits per heavy atom. The highest BCUT2D eigenvalue weighted by Crippen LogP contribution is 2.16. The lowest BCUT2D eigenvalue weighted by molar-refractivity contribution is 0.0870. The molecule has 0 bridgehead atoms. The smallest absolute Gasteiger partial charge is 0.377 e. The third kappa shape index (κ3) is 4.38. The van der Waals surface area contributed by atoms with Gasteiger partial charge in [0.25, 0.3) is 0 Å². The molecule has 0 saturated heterocycles. The summed E-state index contributed by atoms with van der Waals surface area (Å²) in [5.74, 6) is 0. The molecule has 0 rings (SSSR count). The molecule has 0 atom stereocenters. The van der Waals surface area contributed by atoms with Gasteiger partial charge in [-0.1, -0.05) is 0 Å². The van der Waals surface area contributed by atoms with Crippen LogP contribution in [0, 0.1) is 11.3 Å². The summed E-state index contributed by atoms with van der Waals surface area (Å²) in [5, 5.41) is 8.47. The Bertz CT molecular complexity index is 163. The number of hydrogen-bond acceptors (Lipinski definition) is 4. The molecule has 0 aliphatic heterocycles. The standard InChI is InChI=1S/C8H17NO3Si/c1-4-11-13(10-3,12-5-2)8-6-7-9/h4-6,8H2,1-3H3. The number of nitriles is 1. The summed E-state index contributed by atoms with van der Waals surface area (Å²) in [4.78, 5) is 0. The van der Waals surface area contributed by atoms with Crippen LogP contribution in [0.25, 0.3) is 0 Å². The van der Waals surface area contributed by atoms with E-state index < -0.39 is 8.80 Å². The molecule has 0 radical (unpaired) electrons. The normalized spacial score (nSPS) is 11.2. The Morgan fingerprint density at radius 1 is 1.23 bits per heavy atom. The molecular weight excluding hydrogens is 186 g/mol. The fraction of sp³-hybridized carbons (Fsp3) is 0.875. The first kappa shape index (κ1) is 12.6. The van der Waals surface area contributed by atoms with Gasteiger partial charge in [-0.25, -0.2) is 0 Å². The molecule has 0 amide bonds. The summed E-state index contributed by atoms with van der Waals surface area (Å²) >= 11 is 0. The molecule has 0 saturated carbocycles. The van der Waals surface area contributed by atoms with Crippen LogP contribution >= 0.6 is 0 Å². The molecule has 0 aromatic carbocycles. The van der Waals surface area contributed by atoms with Gasteiger partial charge in [-0.15, -0.1) is 0 Å². The predicted octanol–water partition coefficient (Wildman–Crippen LogP) is 1.56. The van der Waals surface area contributed by atoms with E-state index in [0.717, 1.165) is 0 Å². The zero-order valence-electron chi connectivity index (χ0n) is 8.50. The zero-order valence-corrected chi connectivity index (χ0v) is 9.50. The minimum Gasteiger partial charge on any atom is -0.377 e. The summed E-state index contributed by atoms with van der Waals surface area (Å²) in [6, 6.07) is 2.64. The van der Waals surface area contributed by atoms with Gasteiger partial charge in [0.15, 0.2) is 0 Å². The van der Waals surface area contributed by atoms with E-state index in [1.54, 1.807) is 7.11 Å². The van der Waals surface area contributed by atoms with Crippen molar-refractivity contribution in [1.82, 2.24) is 0 Å². The monoisotopic (exact) mass is 203 g/mol. The van der Waals surface area contributed by atoms with Crippen molar-refractivity contribution in [1.29, 1.82) is 5.26 Å². The fourth-order valence-corrected chi connectivity index (χ4v) is 3.16. The first-order valence-corrected chi connectivity index (χ1v) is 6.37. The molecule has 0 fully saturated rings. The quantitative estimate of drug-likeness (QED) is 0.589. The summed E-state index contributed by atoms with van der Waals surface area (Å²) in [6.07, 6.45) is 0.417. The van der Waals surface area contributed by atoms with Gasteiger partial charge >= 0.3 is 8.80 Å². The minimum atomic E-state index is -2.51. The van der Waals surface area contributed by atoms with Crippen molar-refractivity contribution in [2.75, 3.05) is 20.3 Å². The fourth-order valence-electron chi connectivity index (χ4n) is 1.05. The summed E-state index contributed by atoms with van der Waals surface area (Å²) in [6.45, 7) is 4.91. The second-order valence-electron chi connectivity index (χ2n) is 2.41. The highest BCUT2D eigenvalue weighted by Gasteiger charge is 2.38. The van der Waals surface area contributed by atoms with Crippen LogP contribution in [0.5, 0.6) is 0 Å². The van der Waals surface area contributed by atoms with Gasteiger partial charge in [0.2, 0.25) is 0 Å². The van der Waals surface area contributed by atoms with E-state index in [1.807, 2.05) is 13.8 Å². The molecule has 13 heavy (non-hydrogen) atoms. The Hall–Kier alpha value is -0.413. The Morgan fingerprint density at radius 3 is 2.08 bits per heavy atom. The van der Waals surface area contributed by atoms with E-state index in [0.29, 0.717) is 25.7 Å². The molecule has 0 unspecified atom stereocenters. The minimum absolute atomic E-state index is 0.417. The van der Waals surface area contributed by atoms with Crippen LogP contribution in [0.2, 0.25) is 6.04 Å². The lowest BCUT2D eigenvalue weighted by Gasteiger charge is -2.26. The molecule has 0 aromatic rings. The molecule has 4 nitrogen and oxygen atoms in total. The number of nitrogens with zero attached hydrogens (tertiary/aromatic N) is 1. The average molecular weight is 203 g/mol. The zero-order chi connectivity index (χ0) is 10.2. The molecule has 0 aromatic heterocycles. The second kappa shape index (κ2) is 7.03. The van der Waals surface area contributed by atoms with Gasteiger partial charge in [0.1, 0.15) is 0 Å². The van der Waals surface area contributed by atoms with Crippen LogP contribution in [0.1, 0.15) is 20.3 Å². The van der Waals surface area contributed by atoms with E-state index in [2.05, 4.69) is 6.07 Å². The van der Waals surface area contributed by atoms with Crippen LogP contribution in [0.15, 0.2) is 0 Å². The summed E-state index contributed by atoms with van der Waals surface area (Å²) in [7, 11) is -0.935. The maximum absolute atomic E-state index is 8.47. The molecule has 0 aliphatic rings. The third-order valence-corrected chi connectivity index (χ3v) is 4.52. The van der Waals surface area contributed by atoms with Gasteiger partial charge in [-0.2, -0.15) is 5.26 Å². The Labute approximate surface area is 80.8 Å². The van der Waals surface area contributed by atoms with E-state index in [9.17, 15) is 0 Å². The van der Waals surface area contributed by atoms with Gasteiger partial charge in [-0.05, 0) is 13.8 Å². The molecule has 0 N–H and O–H groups in total. The van der Waals surface area contributed by atoms with Crippen molar-refractivity contribution in [3.05, 3.63) is 0 Å². The van der Waals surface area contributed by atoms with Crippen LogP contribution in [0.3, 0.4) is 0 Å². The van der Waals surface area contributed by atoms with Crippen LogP contribution < -0.4 is 0 Å². The van der Waals surface area contributed by atoms with Gasteiger partial charge in [0, 0.05) is 32.8 Å². The van der Waals surface area contributed by atoms with Crippen molar-refractivity contribution in [2.45, 2.75) is 26.3 Å². The van der Waals surface area contributed by atoms with E-state index in [-0.39, 0.29) is 0 Å². The first-order chi connectivity index (χ1) is 6.24. The molecule has 0 spiro atoms. The van der Waals surface area contributed by atoms with Gasteiger partial charge in [-0.3, -0.25) is 0 Å². The second-order valence-corrected chi connectivity index (χ2v) is 5.26. The Balaban J connectivity index is 4.17. The average Bonchev–Trinajstić information content (AvgIpc) is 2.15. The van der Waals surface area contributed by atoms with Crippen molar-refractivity contribution in [2.24, 2.45) is 0 Å². The van der Waals surface area contributed by atoms with Crippen molar-refractivity contribution in [3.8, 4) is 6.07 Å². The van der Waals surface area contributed by atoms with Gasteiger partial charge in [0.05, 0.1) is 6.07 Å². The van der Waals surface area contributed by atoms with Crippen molar-refractivity contribution >= 4 is 8.80 Å². The lowest BCUT2D eigenvalue weighted by Crippen LogP contribution is -2.44. The highest BCUT2D eigenvalue weighted by atomic mass is 28.4. The lowest BCUT2D eigenvalue weighted by atomic mass is 10.6. The SMILES string of the molecule is CCO[Si](CCC#N)(OC)OCC. The topological polar surface area (TPSA) is 51.5 Å². The van der Waals surface area contributed by atoms with E-state index in [4.69, 9.17) is 18.5 Å². The number of rotatable bonds is 7. The van der Waals surface area contributed by atoms with Crippen molar-refractivity contribution in [3.63, 3.8) is 0 Å². The first-order valence-electron chi connectivity index (χ1n) is 4.44. The van der Waals surface area contributed by atoms with E-state index >= 15 is 0 Å². The van der Waals surface area contributed by atoms with Crippen molar-refractivity contribution < 1.29 is 13.3 Å². The highest BCUT2D eigenvalue weighted by molar-refractivity contribution is 6.60. The van der Waals surface area contributed by atoms with E-state index in [1.165, 1.54) is 0 Å². The maximum atomic E-state index is 8.47. The predicted molar refractivity (Wildman–Crippen MR) is 51.1 cm³/mol. The molecule has 0 heterocycles. The molecule has 76 valence electrons. The van der Waals surface area contributed by atoms with Gasteiger partial charge < -0.3 is 13.3 Å². The molecule has 5 heteroatoms. The maximum Gasteiger partial charge on any atom is 0.501 e. The summed E-state index contributed by atoms with van der Waals surface area (Å²) in [5.41, 5.74) is 0. The van der Waals surface area contributed by atoms with Crippen LogP contribution in [0.4, 0.5) is 0 Å².